The Labute approximate surface area is 86.7 Å². The lowest BCUT2D eigenvalue weighted by molar-refractivity contribution is 0.100. The van der Waals surface area contributed by atoms with Crippen LogP contribution in [0.4, 0.5) is 0 Å². The summed E-state index contributed by atoms with van der Waals surface area (Å²) in [6, 6.07) is 7.06. The molecule has 0 spiro atoms. The Morgan fingerprint density at radius 3 is 3.00 bits per heavy atom. The summed E-state index contributed by atoms with van der Waals surface area (Å²) in [5, 5.41) is 0. The molecular formula is C11H10N2O2. The van der Waals surface area contributed by atoms with Crippen molar-refractivity contribution in [3.63, 3.8) is 0 Å². The summed E-state index contributed by atoms with van der Waals surface area (Å²) in [5.74, 6) is 0.407. The summed E-state index contributed by atoms with van der Waals surface area (Å²) in [6.45, 7) is 0.00896. The van der Waals surface area contributed by atoms with Crippen molar-refractivity contribution in [2.24, 2.45) is 5.73 Å². The number of carbonyl (C=O) groups excluding carboxylic acids is 1. The van der Waals surface area contributed by atoms with Crippen LogP contribution in [0.5, 0.6) is 0 Å². The molecule has 0 saturated heterocycles. The second-order valence-corrected chi connectivity index (χ2v) is 3.05. The number of oxazole rings is 1. The first-order valence-electron chi connectivity index (χ1n) is 4.54. The molecule has 0 aliphatic rings. The van der Waals surface area contributed by atoms with Gasteiger partial charge >= 0.3 is 0 Å². The summed E-state index contributed by atoms with van der Waals surface area (Å²) in [5.41, 5.74) is 6.64. The smallest absolute Gasteiger partial charge is 0.225 e. The van der Waals surface area contributed by atoms with Gasteiger partial charge in [0.05, 0.1) is 12.7 Å². The van der Waals surface area contributed by atoms with Gasteiger partial charge in [0.25, 0.3) is 0 Å². The van der Waals surface area contributed by atoms with Crippen LogP contribution >= 0.6 is 0 Å². The van der Waals surface area contributed by atoms with E-state index in [9.17, 15) is 4.79 Å². The van der Waals surface area contributed by atoms with Crippen LogP contribution in [-0.4, -0.2) is 17.3 Å². The van der Waals surface area contributed by atoms with Crippen molar-refractivity contribution in [1.29, 1.82) is 0 Å². The molecule has 0 amide bonds. The lowest BCUT2D eigenvalue weighted by atomic mass is 10.1. The van der Waals surface area contributed by atoms with Crippen molar-refractivity contribution in [1.82, 2.24) is 4.98 Å². The van der Waals surface area contributed by atoms with Crippen LogP contribution in [0, 0.1) is 0 Å². The third-order valence-corrected chi connectivity index (χ3v) is 2.05. The minimum absolute atomic E-state index is 0.00896. The molecule has 2 N–H and O–H groups in total. The zero-order valence-corrected chi connectivity index (χ0v) is 8.01. The molecule has 0 saturated carbocycles. The molecule has 0 unspecified atom stereocenters. The number of nitrogens with two attached hydrogens (primary N) is 1. The van der Waals surface area contributed by atoms with E-state index in [4.69, 9.17) is 10.2 Å². The molecular weight excluding hydrogens is 192 g/mol. The van der Waals surface area contributed by atoms with Crippen molar-refractivity contribution in [2.75, 3.05) is 6.54 Å². The van der Waals surface area contributed by atoms with Gasteiger partial charge in [-0.2, -0.15) is 0 Å². The number of benzene rings is 1. The van der Waals surface area contributed by atoms with Crippen molar-refractivity contribution >= 4 is 5.78 Å². The van der Waals surface area contributed by atoms with Gasteiger partial charge in [0, 0.05) is 11.1 Å². The number of nitrogens with zero attached hydrogens (tertiary/aromatic N) is 1. The minimum Gasteiger partial charge on any atom is -0.445 e. The summed E-state index contributed by atoms with van der Waals surface area (Å²) in [6.07, 6.45) is 3.06. The number of carbonyl (C=O) groups is 1. The summed E-state index contributed by atoms with van der Waals surface area (Å²) >= 11 is 0. The highest BCUT2D eigenvalue weighted by molar-refractivity contribution is 5.98. The number of hydrogen-bond acceptors (Lipinski definition) is 4. The molecule has 1 aromatic carbocycles. The topological polar surface area (TPSA) is 69.1 Å². The molecule has 2 aromatic rings. The molecule has 1 heterocycles. The second kappa shape index (κ2) is 4.06. The van der Waals surface area contributed by atoms with Crippen LogP contribution in [0.25, 0.3) is 11.5 Å². The molecule has 0 radical (unpaired) electrons. The number of rotatable bonds is 3. The van der Waals surface area contributed by atoms with Crippen molar-refractivity contribution < 1.29 is 9.21 Å². The highest BCUT2D eigenvalue weighted by Gasteiger charge is 2.07. The zero-order chi connectivity index (χ0) is 10.7. The Hall–Kier alpha value is -1.94. The Balaban J connectivity index is 2.39. The van der Waals surface area contributed by atoms with Gasteiger partial charge in [-0.25, -0.2) is 4.98 Å². The van der Waals surface area contributed by atoms with E-state index in [1.165, 1.54) is 6.26 Å². The first-order chi connectivity index (χ1) is 7.31. The first kappa shape index (κ1) is 9.61. The van der Waals surface area contributed by atoms with Crippen LogP contribution < -0.4 is 5.73 Å². The molecule has 0 fully saturated rings. The third kappa shape index (κ3) is 1.94. The van der Waals surface area contributed by atoms with Crippen LogP contribution in [0.1, 0.15) is 10.4 Å². The maximum Gasteiger partial charge on any atom is 0.225 e. The van der Waals surface area contributed by atoms with Gasteiger partial charge in [-0.05, 0) is 12.1 Å². The highest BCUT2D eigenvalue weighted by Crippen LogP contribution is 2.18. The van der Waals surface area contributed by atoms with Crippen molar-refractivity contribution in [3.05, 3.63) is 42.3 Å². The molecule has 76 valence electrons. The van der Waals surface area contributed by atoms with E-state index >= 15 is 0 Å². The average Bonchev–Trinajstić information content (AvgIpc) is 2.82. The molecule has 0 atom stereocenters. The van der Waals surface area contributed by atoms with Crippen molar-refractivity contribution in [2.45, 2.75) is 0 Å². The molecule has 0 bridgehead atoms. The van der Waals surface area contributed by atoms with E-state index in [1.807, 2.05) is 6.07 Å². The highest BCUT2D eigenvalue weighted by atomic mass is 16.3. The monoisotopic (exact) mass is 202 g/mol. The van der Waals surface area contributed by atoms with Gasteiger partial charge in [-0.3, -0.25) is 4.79 Å². The first-order valence-corrected chi connectivity index (χ1v) is 4.54. The molecule has 1 aromatic heterocycles. The summed E-state index contributed by atoms with van der Waals surface area (Å²) in [4.78, 5) is 15.4. The fraction of sp³-hybridized carbons (Fsp3) is 0.0909. The zero-order valence-electron chi connectivity index (χ0n) is 8.01. The van der Waals surface area contributed by atoms with Crippen LogP contribution in [0.2, 0.25) is 0 Å². The molecule has 15 heavy (non-hydrogen) atoms. The number of ketones is 1. The molecule has 4 nitrogen and oxygen atoms in total. The van der Waals surface area contributed by atoms with Crippen LogP contribution in [-0.2, 0) is 0 Å². The van der Waals surface area contributed by atoms with Gasteiger partial charge in [0.1, 0.15) is 6.26 Å². The Bertz CT molecular complexity index is 463. The standard InChI is InChI=1S/C11H10N2O2/c12-7-10(14)8-2-1-3-9(6-8)11-13-4-5-15-11/h1-6H,7,12H2. The quantitative estimate of drug-likeness (QED) is 0.765. The number of aromatic nitrogens is 1. The lowest BCUT2D eigenvalue weighted by Crippen LogP contribution is -2.13. The Morgan fingerprint density at radius 1 is 1.47 bits per heavy atom. The predicted molar refractivity (Wildman–Crippen MR) is 55.3 cm³/mol. The molecule has 0 aliphatic carbocycles. The summed E-state index contributed by atoms with van der Waals surface area (Å²) < 4.78 is 5.13. The van der Waals surface area contributed by atoms with E-state index in [2.05, 4.69) is 4.98 Å². The van der Waals surface area contributed by atoms with E-state index in [-0.39, 0.29) is 12.3 Å². The van der Waals surface area contributed by atoms with E-state index < -0.39 is 0 Å². The average molecular weight is 202 g/mol. The van der Waals surface area contributed by atoms with Crippen LogP contribution in [0.3, 0.4) is 0 Å². The lowest BCUT2D eigenvalue weighted by Gasteiger charge is -1.99. The number of hydrogen-bond donors (Lipinski definition) is 1. The van der Waals surface area contributed by atoms with Gasteiger partial charge < -0.3 is 10.2 Å². The van der Waals surface area contributed by atoms with Gasteiger partial charge in [-0.15, -0.1) is 0 Å². The van der Waals surface area contributed by atoms with Crippen molar-refractivity contribution in [3.8, 4) is 11.5 Å². The Morgan fingerprint density at radius 2 is 2.33 bits per heavy atom. The van der Waals surface area contributed by atoms with Gasteiger partial charge in [0.15, 0.2) is 5.78 Å². The van der Waals surface area contributed by atoms with Crippen LogP contribution in [0.15, 0.2) is 41.1 Å². The van der Waals surface area contributed by atoms with E-state index in [1.54, 1.807) is 24.4 Å². The third-order valence-electron chi connectivity index (χ3n) is 2.05. The molecule has 2 rings (SSSR count). The maximum absolute atomic E-state index is 11.4. The largest absolute Gasteiger partial charge is 0.445 e. The normalized spacial score (nSPS) is 10.2. The molecule has 4 heteroatoms. The second-order valence-electron chi connectivity index (χ2n) is 3.05. The SMILES string of the molecule is NCC(=O)c1cccc(-c2ncco2)c1. The maximum atomic E-state index is 11.4. The van der Waals surface area contributed by atoms with Gasteiger partial charge in [0.2, 0.25) is 5.89 Å². The number of Topliss-reactive ketones (excluding diaryl/α,β-unsaturated/α-hetero) is 1. The summed E-state index contributed by atoms with van der Waals surface area (Å²) in [7, 11) is 0. The molecule has 0 aliphatic heterocycles. The van der Waals surface area contributed by atoms with Gasteiger partial charge in [-0.1, -0.05) is 12.1 Å². The fourth-order valence-corrected chi connectivity index (χ4v) is 1.31. The van der Waals surface area contributed by atoms with E-state index in [0.29, 0.717) is 11.5 Å². The predicted octanol–water partition coefficient (Wildman–Crippen LogP) is 1.48. The Kier molecular flexibility index (Phi) is 2.60. The fourth-order valence-electron chi connectivity index (χ4n) is 1.31. The minimum atomic E-state index is -0.0941. The van der Waals surface area contributed by atoms with E-state index in [0.717, 1.165) is 5.56 Å².